The van der Waals surface area contributed by atoms with Gasteiger partial charge in [-0.15, -0.1) is 0 Å². The van der Waals surface area contributed by atoms with Crippen LogP contribution in [0.3, 0.4) is 0 Å². The minimum atomic E-state index is -1.15. The van der Waals surface area contributed by atoms with Gasteiger partial charge in [-0.25, -0.2) is 9.18 Å². The largest absolute Gasteiger partial charge is 0.478 e. The molecule has 0 aliphatic carbocycles. The van der Waals surface area contributed by atoms with Crippen LogP contribution in [-0.2, 0) is 0 Å². The minimum absolute atomic E-state index is 0.0567. The van der Waals surface area contributed by atoms with Crippen LogP contribution in [0.2, 0.25) is 0 Å². The van der Waals surface area contributed by atoms with Crippen LogP contribution in [0.25, 0.3) is 10.9 Å². The summed E-state index contributed by atoms with van der Waals surface area (Å²) in [6.07, 6.45) is 1.28. The van der Waals surface area contributed by atoms with Crippen molar-refractivity contribution in [3.05, 3.63) is 34.2 Å². The maximum absolute atomic E-state index is 13.5. The second-order valence-corrected chi connectivity index (χ2v) is 3.65. The Labute approximate surface area is 86.7 Å². The lowest BCUT2D eigenvalue weighted by molar-refractivity contribution is 0.0699. The lowest BCUT2D eigenvalue weighted by Gasteiger charge is -1.97. The van der Waals surface area contributed by atoms with Gasteiger partial charge in [0.05, 0.1) is 15.4 Å². The van der Waals surface area contributed by atoms with E-state index in [0.29, 0.717) is 5.52 Å². The molecule has 0 aliphatic rings. The fraction of sp³-hybridized carbons (Fsp3) is 0. The van der Waals surface area contributed by atoms with Gasteiger partial charge in [-0.05, 0) is 28.1 Å². The summed E-state index contributed by atoms with van der Waals surface area (Å²) in [5, 5.41) is 8.89. The molecule has 0 unspecified atom stereocenters. The molecule has 0 spiro atoms. The van der Waals surface area contributed by atoms with E-state index in [-0.39, 0.29) is 15.4 Å². The molecule has 2 N–H and O–H groups in total. The Morgan fingerprint density at radius 3 is 2.86 bits per heavy atom. The van der Waals surface area contributed by atoms with Crippen molar-refractivity contribution in [3.63, 3.8) is 0 Å². The van der Waals surface area contributed by atoms with Gasteiger partial charge in [0.1, 0.15) is 5.82 Å². The highest BCUT2D eigenvalue weighted by Gasteiger charge is 2.15. The molecule has 1 heterocycles. The van der Waals surface area contributed by atoms with Crippen molar-refractivity contribution in [1.82, 2.24) is 4.98 Å². The molecular weight excluding hydrogens is 253 g/mol. The van der Waals surface area contributed by atoms with E-state index in [9.17, 15) is 9.18 Å². The van der Waals surface area contributed by atoms with Crippen LogP contribution in [-0.4, -0.2) is 16.1 Å². The van der Waals surface area contributed by atoms with Crippen LogP contribution in [0.4, 0.5) is 4.39 Å². The second kappa shape index (κ2) is 3.09. The van der Waals surface area contributed by atoms with Crippen molar-refractivity contribution >= 4 is 32.8 Å². The van der Waals surface area contributed by atoms with E-state index in [1.54, 1.807) is 6.07 Å². The lowest BCUT2D eigenvalue weighted by Crippen LogP contribution is -1.95. The summed E-state index contributed by atoms with van der Waals surface area (Å²) in [4.78, 5) is 13.4. The molecule has 0 radical (unpaired) electrons. The number of nitrogens with one attached hydrogen (secondary N) is 1. The quantitative estimate of drug-likeness (QED) is 0.826. The molecule has 0 saturated carbocycles. The third kappa shape index (κ3) is 1.21. The summed E-state index contributed by atoms with van der Waals surface area (Å²) >= 11 is 3.00. The van der Waals surface area contributed by atoms with Crippen LogP contribution in [0.5, 0.6) is 0 Å². The lowest BCUT2D eigenvalue weighted by atomic mass is 10.1. The average molecular weight is 258 g/mol. The summed E-state index contributed by atoms with van der Waals surface area (Å²) in [5.74, 6) is -1.70. The van der Waals surface area contributed by atoms with E-state index in [1.807, 2.05) is 0 Å². The van der Waals surface area contributed by atoms with Crippen molar-refractivity contribution in [2.75, 3.05) is 0 Å². The molecule has 2 aromatic rings. The van der Waals surface area contributed by atoms with E-state index in [1.165, 1.54) is 12.3 Å². The summed E-state index contributed by atoms with van der Waals surface area (Å²) < 4.78 is 13.8. The monoisotopic (exact) mass is 257 g/mol. The molecule has 0 fully saturated rings. The number of carbonyl (C=O) groups is 1. The van der Waals surface area contributed by atoms with E-state index < -0.39 is 11.8 Å². The molecule has 2 rings (SSSR count). The number of aromatic carboxylic acids is 1. The highest BCUT2D eigenvalue weighted by Crippen LogP contribution is 2.27. The van der Waals surface area contributed by atoms with Gasteiger partial charge in [-0.3, -0.25) is 0 Å². The molecule has 0 amide bonds. The van der Waals surface area contributed by atoms with Crippen LogP contribution < -0.4 is 0 Å². The third-order valence-corrected chi connectivity index (χ3v) is 2.58. The molecule has 14 heavy (non-hydrogen) atoms. The standard InChI is InChI=1S/C9H5BrFNO2/c10-5-1-2-6-7(8(5)11)4(3-12-6)9(13)14/h1-3,12H,(H,13,14). The molecule has 3 nitrogen and oxygen atoms in total. The number of aromatic amines is 1. The van der Waals surface area contributed by atoms with Crippen LogP contribution in [0.1, 0.15) is 10.4 Å². The van der Waals surface area contributed by atoms with Gasteiger partial charge in [0.25, 0.3) is 0 Å². The number of H-pyrrole nitrogens is 1. The predicted octanol–water partition coefficient (Wildman–Crippen LogP) is 2.77. The highest BCUT2D eigenvalue weighted by molar-refractivity contribution is 9.10. The topological polar surface area (TPSA) is 53.1 Å². The van der Waals surface area contributed by atoms with Gasteiger partial charge in [0, 0.05) is 11.7 Å². The third-order valence-electron chi connectivity index (χ3n) is 1.97. The smallest absolute Gasteiger partial charge is 0.337 e. The van der Waals surface area contributed by atoms with Gasteiger partial charge < -0.3 is 10.1 Å². The molecule has 0 bridgehead atoms. The zero-order valence-corrected chi connectivity index (χ0v) is 8.43. The zero-order chi connectivity index (χ0) is 10.3. The minimum Gasteiger partial charge on any atom is -0.478 e. The Balaban J connectivity index is 2.89. The number of hydrogen-bond donors (Lipinski definition) is 2. The van der Waals surface area contributed by atoms with Gasteiger partial charge >= 0.3 is 5.97 Å². The number of aromatic nitrogens is 1. The highest BCUT2D eigenvalue weighted by atomic mass is 79.9. The fourth-order valence-corrected chi connectivity index (χ4v) is 1.66. The number of carboxylic acids is 1. The van der Waals surface area contributed by atoms with Gasteiger partial charge in [-0.1, -0.05) is 0 Å². The normalized spacial score (nSPS) is 10.7. The molecular formula is C9H5BrFNO2. The number of rotatable bonds is 1. The van der Waals surface area contributed by atoms with Gasteiger partial charge in [0.15, 0.2) is 0 Å². The Kier molecular flexibility index (Phi) is 2.03. The summed E-state index contributed by atoms with van der Waals surface area (Å²) in [5.41, 5.74) is 0.418. The maximum Gasteiger partial charge on any atom is 0.337 e. The number of carboxylic acid groups (broad SMARTS) is 1. The van der Waals surface area contributed by atoms with Crippen LogP contribution in [0.15, 0.2) is 22.8 Å². The van der Waals surface area contributed by atoms with Crippen LogP contribution in [0, 0.1) is 5.82 Å². The SMILES string of the molecule is O=C(O)c1c[nH]c2ccc(Br)c(F)c12. The second-order valence-electron chi connectivity index (χ2n) is 2.79. The molecule has 1 aromatic heterocycles. The Bertz CT molecular complexity index is 521. The molecule has 0 atom stereocenters. The van der Waals surface area contributed by atoms with E-state index >= 15 is 0 Å². The number of hydrogen-bond acceptors (Lipinski definition) is 1. The summed E-state index contributed by atoms with van der Waals surface area (Å²) in [7, 11) is 0. The number of halogens is 2. The summed E-state index contributed by atoms with van der Waals surface area (Å²) in [6.45, 7) is 0. The van der Waals surface area contributed by atoms with Crippen molar-refractivity contribution < 1.29 is 14.3 Å². The van der Waals surface area contributed by atoms with Crippen molar-refractivity contribution in [2.45, 2.75) is 0 Å². The van der Waals surface area contributed by atoms with Gasteiger partial charge in [0.2, 0.25) is 0 Å². The van der Waals surface area contributed by atoms with Crippen molar-refractivity contribution in [2.24, 2.45) is 0 Å². The Morgan fingerprint density at radius 1 is 1.50 bits per heavy atom. The van der Waals surface area contributed by atoms with Crippen molar-refractivity contribution in [3.8, 4) is 0 Å². The Morgan fingerprint density at radius 2 is 2.21 bits per heavy atom. The molecule has 5 heteroatoms. The van der Waals surface area contributed by atoms with E-state index in [2.05, 4.69) is 20.9 Å². The predicted molar refractivity (Wildman–Crippen MR) is 52.9 cm³/mol. The van der Waals surface area contributed by atoms with E-state index in [0.717, 1.165) is 0 Å². The number of benzene rings is 1. The number of fused-ring (bicyclic) bond motifs is 1. The first-order chi connectivity index (χ1) is 6.61. The molecule has 0 aliphatic heterocycles. The zero-order valence-electron chi connectivity index (χ0n) is 6.84. The van der Waals surface area contributed by atoms with Crippen LogP contribution >= 0.6 is 15.9 Å². The van der Waals surface area contributed by atoms with Gasteiger partial charge in [-0.2, -0.15) is 0 Å². The Hall–Kier alpha value is -1.36. The molecule has 72 valence electrons. The maximum atomic E-state index is 13.5. The first-order valence-corrected chi connectivity index (χ1v) is 4.59. The van der Waals surface area contributed by atoms with Crippen molar-refractivity contribution in [1.29, 1.82) is 0 Å². The van der Waals surface area contributed by atoms with E-state index in [4.69, 9.17) is 5.11 Å². The first kappa shape index (κ1) is 9.21. The average Bonchev–Trinajstić information content (AvgIpc) is 2.55. The first-order valence-electron chi connectivity index (χ1n) is 3.79. The molecule has 1 aromatic carbocycles. The fourth-order valence-electron chi connectivity index (χ4n) is 1.33. The summed E-state index contributed by atoms with van der Waals surface area (Å²) in [6, 6.07) is 3.15. The molecule has 0 saturated heterocycles.